The second kappa shape index (κ2) is 9.91. The monoisotopic (exact) mass is 472 g/mol. The normalized spacial score (nSPS) is 22.3. The summed E-state index contributed by atoms with van der Waals surface area (Å²) < 4.78 is 5.43. The van der Waals surface area contributed by atoms with Gasteiger partial charge >= 0.3 is 0 Å². The average molecular weight is 473 g/mol. The van der Waals surface area contributed by atoms with E-state index in [2.05, 4.69) is 16.2 Å². The van der Waals surface area contributed by atoms with E-state index in [0.29, 0.717) is 34.0 Å². The number of aliphatic imine (C=N–C) groups is 1. The number of ether oxygens (including phenoxy) is 1. The van der Waals surface area contributed by atoms with Crippen molar-refractivity contribution < 1.29 is 9.53 Å². The molecule has 0 spiro atoms. The number of fused-ring (bicyclic) bond motifs is 1. The zero-order valence-electron chi connectivity index (χ0n) is 17.8. The number of hydrazine groups is 1. The molecule has 4 rings (SSSR count). The van der Waals surface area contributed by atoms with Crippen LogP contribution in [0.5, 0.6) is 5.75 Å². The average Bonchev–Trinajstić information content (AvgIpc) is 3.15. The van der Waals surface area contributed by atoms with E-state index in [9.17, 15) is 4.79 Å². The number of rotatable bonds is 6. The summed E-state index contributed by atoms with van der Waals surface area (Å²) in [5.74, 6) is 0.971. The molecule has 2 aliphatic heterocycles. The number of benzene rings is 2. The molecule has 0 aliphatic carbocycles. The largest absolute Gasteiger partial charge is 0.494 e. The first kappa shape index (κ1) is 22.6. The number of thioether (sulfide) groups is 1. The number of nitrogens with one attached hydrogen (secondary N) is 4. The zero-order chi connectivity index (χ0) is 22.7. The number of anilines is 2. The van der Waals surface area contributed by atoms with Gasteiger partial charge in [-0.15, -0.1) is 0 Å². The van der Waals surface area contributed by atoms with Crippen LogP contribution in [0.1, 0.15) is 13.8 Å². The standard InChI is InChI=1S/C22H25ClN6O2S/c1-3-31-15-10-8-14(9-11-15)25-18(30)12-32-22-26-21-19(13(2)27-28-21)20(24)29(22)17-7-5-4-6-16(17)23/h4-11,13,19,21,24,27-28H,3,12H2,1-2H3,(H,25,30). The summed E-state index contributed by atoms with van der Waals surface area (Å²) in [4.78, 5) is 19.1. The van der Waals surface area contributed by atoms with E-state index < -0.39 is 0 Å². The van der Waals surface area contributed by atoms with Gasteiger partial charge in [0.1, 0.15) is 17.8 Å². The number of halogens is 1. The van der Waals surface area contributed by atoms with Crippen LogP contribution in [-0.4, -0.2) is 41.5 Å². The number of para-hydroxylation sites is 1. The van der Waals surface area contributed by atoms with Crippen molar-refractivity contribution in [3.8, 4) is 5.75 Å². The van der Waals surface area contributed by atoms with Crippen LogP contribution in [-0.2, 0) is 4.79 Å². The summed E-state index contributed by atoms with van der Waals surface area (Å²) >= 11 is 7.72. The highest BCUT2D eigenvalue weighted by molar-refractivity contribution is 8.14. The van der Waals surface area contributed by atoms with Crippen LogP contribution in [0.25, 0.3) is 0 Å². The van der Waals surface area contributed by atoms with Gasteiger partial charge < -0.3 is 10.1 Å². The molecule has 2 aromatic carbocycles. The summed E-state index contributed by atoms with van der Waals surface area (Å²) in [5.41, 5.74) is 7.65. The minimum absolute atomic E-state index is 0.0377. The molecule has 32 heavy (non-hydrogen) atoms. The van der Waals surface area contributed by atoms with Gasteiger partial charge in [-0.05, 0) is 50.2 Å². The molecular formula is C22H25ClN6O2S. The second-order valence-electron chi connectivity index (χ2n) is 7.43. The third-order valence-corrected chi connectivity index (χ3v) is 6.48. The Morgan fingerprint density at radius 1 is 1.25 bits per heavy atom. The molecule has 4 N–H and O–H groups in total. The van der Waals surface area contributed by atoms with Crippen molar-refractivity contribution >= 4 is 51.6 Å². The summed E-state index contributed by atoms with van der Waals surface area (Å²) in [7, 11) is 0. The molecule has 1 saturated heterocycles. The first-order chi connectivity index (χ1) is 15.5. The Hall–Kier alpha value is -2.59. The molecule has 3 atom stereocenters. The molecular weight excluding hydrogens is 448 g/mol. The zero-order valence-corrected chi connectivity index (χ0v) is 19.3. The maximum Gasteiger partial charge on any atom is 0.234 e. The van der Waals surface area contributed by atoms with Crippen LogP contribution in [0.4, 0.5) is 11.4 Å². The number of carbonyl (C=O) groups is 1. The Bertz CT molecular complexity index is 1030. The number of amides is 1. The number of hydrogen-bond donors (Lipinski definition) is 4. The quantitative estimate of drug-likeness (QED) is 0.511. The van der Waals surface area contributed by atoms with Crippen LogP contribution >= 0.6 is 23.4 Å². The lowest BCUT2D eigenvalue weighted by molar-refractivity contribution is -0.113. The molecule has 2 aromatic rings. The van der Waals surface area contributed by atoms with Crippen LogP contribution in [0.3, 0.4) is 0 Å². The maximum atomic E-state index is 12.6. The lowest BCUT2D eigenvalue weighted by Crippen LogP contribution is -2.50. The molecule has 10 heteroatoms. The fourth-order valence-corrected chi connectivity index (χ4v) is 4.76. The van der Waals surface area contributed by atoms with Crippen molar-refractivity contribution in [3.05, 3.63) is 53.6 Å². The van der Waals surface area contributed by atoms with E-state index in [1.54, 1.807) is 23.1 Å². The van der Waals surface area contributed by atoms with Crippen molar-refractivity contribution in [3.63, 3.8) is 0 Å². The molecule has 0 bridgehead atoms. The van der Waals surface area contributed by atoms with Crippen LogP contribution in [0, 0.1) is 11.3 Å². The highest BCUT2D eigenvalue weighted by Crippen LogP contribution is 2.35. The summed E-state index contributed by atoms with van der Waals surface area (Å²) in [6.45, 7) is 4.52. The smallest absolute Gasteiger partial charge is 0.234 e. The summed E-state index contributed by atoms with van der Waals surface area (Å²) in [5, 5.41) is 12.8. The number of carbonyl (C=O) groups excluding carboxylic acids is 1. The minimum atomic E-state index is -0.270. The van der Waals surface area contributed by atoms with E-state index in [-0.39, 0.29) is 29.8 Å². The van der Waals surface area contributed by atoms with Gasteiger partial charge in [0.2, 0.25) is 5.91 Å². The van der Waals surface area contributed by atoms with E-state index in [1.807, 2.05) is 44.2 Å². The van der Waals surface area contributed by atoms with Crippen molar-refractivity contribution in [1.82, 2.24) is 10.9 Å². The number of nitrogens with zero attached hydrogens (tertiary/aromatic N) is 2. The maximum absolute atomic E-state index is 12.6. The van der Waals surface area contributed by atoms with Gasteiger partial charge in [-0.3, -0.25) is 20.5 Å². The summed E-state index contributed by atoms with van der Waals surface area (Å²) in [6, 6.07) is 14.6. The van der Waals surface area contributed by atoms with Gasteiger partial charge in [-0.2, -0.15) is 0 Å². The van der Waals surface area contributed by atoms with Crippen LogP contribution < -0.4 is 25.8 Å². The summed E-state index contributed by atoms with van der Waals surface area (Å²) in [6.07, 6.45) is -0.270. The molecule has 1 amide bonds. The lowest BCUT2D eigenvalue weighted by atomic mass is 9.97. The Kier molecular flexibility index (Phi) is 7.00. The topological polar surface area (TPSA) is 102 Å². The van der Waals surface area contributed by atoms with E-state index in [1.165, 1.54) is 11.8 Å². The molecule has 0 radical (unpaired) electrons. The van der Waals surface area contributed by atoms with Crippen molar-refractivity contribution in [2.45, 2.75) is 26.1 Å². The Balaban J connectivity index is 1.50. The molecule has 2 heterocycles. The van der Waals surface area contributed by atoms with E-state index in [4.69, 9.17) is 26.7 Å². The van der Waals surface area contributed by atoms with Crippen molar-refractivity contribution in [1.29, 1.82) is 5.41 Å². The van der Waals surface area contributed by atoms with Crippen molar-refractivity contribution in [2.75, 3.05) is 22.6 Å². The molecule has 2 aliphatic rings. The third-order valence-electron chi connectivity index (χ3n) is 5.21. The van der Waals surface area contributed by atoms with Crippen LogP contribution in [0.15, 0.2) is 53.5 Å². The highest BCUT2D eigenvalue weighted by atomic mass is 35.5. The first-order valence-corrected chi connectivity index (χ1v) is 11.7. The molecule has 0 aromatic heterocycles. The predicted octanol–water partition coefficient (Wildman–Crippen LogP) is 3.70. The minimum Gasteiger partial charge on any atom is -0.494 e. The van der Waals surface area contributed by atoms with Gasteiger partial charge in [0.15, 0.2) is 5.17 Å². The number of hydrogen-bond acceptors (Lipinski definition) is 7. The Morgan fingerprint density at radius 2 is 2.00 bits per heavy atom. The molecule has 168 valence electrons. The van der Waals surface area contributed by atoms with E-state index >= 15 is 0 Å². The fraction of sp³-hybridized carbons (Fsp3) is 0.318. The molecule has 8 nitrogen and oxygen atoms in total. The van der Waals surface area contributed by atoms with Gasteiger partial charge in [0.05, 0.1) is 29.0 Å². The van der Waals surface area contributed by atoms with Crippen LogP contribution in [0.2, 0.25) is 5.02 Å². The van der Waals surface area contributed by atoms with Gasteiger partial charge in [-0.1, -0.05) is 35.5 Å². The fourth-order valence-electron chi connectivity index (χ4n) is 3.69. The Labute approximate surface area is 196 Å². The third kappa shape index (κ3) is 4.75. The van der Waals surface area contributed by atoms with Gasteiger partial charge in [0.25, 0.3) is 0 Å². The van der Waals surface area contributed by atoms with E-state index in [0.717, 1.165) is 5.75 Å². The first-order valence-electron chi connectivity index (χ1n) is 10.4. The molecule has 1 fully saturated rings. The molecule has 0 saturated carbocycles. The SMILES string of the molecule is CCOc1ccc(NC(=O)CSC2=NC3NNC(C)C3C(=N)N2c2ccccc2Cl)cc1. The predicted molar refractivity (Wildman–Crippen MR) is 131 cm³/mol. The van der Waals surface area contributed by atoms with Gasteiger partial charge in [0, 0.05) is 11.7 Å². The van der Waals surface area contributed by atoms with Gasteiger partial charge in [-0.25, -0.2) is 10.4 Å². The second-order valence-corrected chi connectivity index (χ2v) is 8.78. The molecule has 3 unspecified atom stereocenters. The van der Waals surface area contributed by atoms with Crippen molar-refractivity contribution in [2.24, 2.45) is 10.9 Å². The Morgan fingerprint density at radius 3 is 2.72 bits per heavy atom. The lowest BCUT2D eigenvalue weighted by Gasteiger charge is -2.36. The highest BCUT2D eigenvalue weighted by Gasteiger charge is 2.44. The number of amidine groups is 2.